The van der Waals surface area contributed by atoms with E-state index in [-0.39, 0.29) is 11.7 Å². The first-order valence-electron chi connectivity index (χ1n) is 11.4. The number of benzene rings is 1. The molecule has 0 saturated carbocycles. The molecule has 0 unspecified atom stereocenters. The van der Waals surface area contributed by atoms with E-state index < -0.39 is 0 Å². The van der Waals surface area contributed by atoms with E-state index in [1.54, 1.807) is 18.2 Å². The zero-order valence-electron chi connectivity index (χ0n) is 19.0. The monoisotopic (exact) mass is 434 g/mol. The molecule has 0 bridgehead atoms. The van der Waals surface area contributed by atoms with Gasteiger partial charge in [-0.1, -0.05) is 43.7 Å². The van der Waals surface area contributed by atoms with Crippen LogP contribution in [0, 0.1) is 29.5 Å². The fourth-order valence-electron chi connectivity index (χ4n) is 4.67. The van der Waals surface area contributed by atoms with E-state index >= 15 is 0 Å². The molecule has 168 valence electrons. The summed E-state index contributed by atoms with van der Waals surface area (Å²) in [6.45, 7) is 8.50. The lowest BCUT2D eigenvalue weighted by Gasteiger charge is -2.37. The number of rotatable bonds is 8. The number of allylic oxidation sites excluding steroid dienone is 1. The molecule has 1 aromatic carbocycles. The maximum Gasteiger partial charge on any atom is 0.250 e. The van der Waals surface area contributed by atoms with Crippen molar-refractivity contribution in [3.63, 3.8) is 0 Å². The summed E-state index contributed by atoms with van der Waals surface area (Å²) in [4.78, 5) is 4.39. The zero-order valence-corrected chi connectivity index (χ0v) is 19.0. The van der Waals surface area contributed by atoms with E-state index in [9.17, 15) is 4.39 Å². The SMILES string of the molecule is CC1=C[C@@H](CNCc2ccccn2)[C@H](C(C)C)C[C@H]1Cc1nnc(-c2ccccc2F)o1. The standard InChI is InChI=1S/C26H31FN4O/c1-17(2)23-13-19(14-25-30-31-26(32-25)22-9-4-5-10-24(22)27)18(3)12-20(23)15-28-16-21-8-6-7-11-29-21/h4-12,17,19-20,23,28H,13-16H2,1-3H3/t19-,20-,23-/m0/s1. The third-order valence-electron chi connectivity index (χ3n) is 6.49. The number of halogens is 1. The summed E-state index contributed by atoms with van der Waals surface area (Å²) < 4.78 is 19.9. The van der Waals surface area contributed by atoms with Crippen LogP contribution >= 0.6 is 0 Å². The second-order valence-electron chi connectivity index (χ2n) is 9.05. The van der Waals surface area contributed by atoms with E-state index in [2.05, 4.69) is 47.3 Å². The van der Waals surface area contributed by atoms with Crippen molar-refractivity contribution < 1.29 is 8.81 Å². The molecule has 6 heteroatoms. The fourth-order valence-corrected chi connectivity index (χ4v) is 4.67. The van der Waals surface area contributed by atoms with E-state index in [0.717, 1.165) is 25.2 Å². The number of hydrogen-bond donors (Lipinski definition) is 1. The van der Waals surface area contributed by atoms with Crippen molar-refractivity contribution in [3.05, 3.63) is 77.7 Å². The van der Waals surface area contributed by atoms with E-state index in [1.165, 1.54) is 11.6 Å². The number of hydrogen-bond acceptors (Lipinski definition) is 5. The lowest BCUT2D eigenvalue weighted by Crippen LogP contribution is -2.34. The lowest BCUT2D eigenvalue weighted by molar-refractivity contribution is 0.218. The van der Waals surface area contributed by atoms with Gasteiger partial charge in [0.15, 0.2) is 0 Å². The molecule has 32 heavy (non-hydrogen) atoms. The molecule has 0 saturated heterocycles. The van der Waals surface area contributed by atoms with E-state index in [1.807, 2.05) is 24.4 Å². The highest BCUT2D eigenvalue weighted by Crippen LogP contribution is 2.39. The van der Waals surface area contributed by atoms with Gasteiger partial charge in [0.25, 0.3) is 5.89 Å². The van der Waals surface area contributed by atoms with Crippen LogP contribution in [-0.2, 0) is 13.0 Å². The quantitative estimate of drug-likeness (QED) is 0.477. The second kappa shape index (κ2) is 10.2. The summed E-state index contributed by atoms with van der Waals surface area (Å²) in [5, 5.41) is 11.9. The number of nitrogens with one attached hydrogen (secondary N) is 1. The van der Waals surface area contributed by atoms with Gasteiger partial charge in [0.05, 0.1) is 11.3 Å². The smallest absolute Gasteiger partial charge is 0.250 e. The largest absolute Gasteiger partial charge is 0.421 e. The molecule has 3 aromatic rings. The van der Waals surface area contributed by atoms with Crippen LogP contribution in [0.5, 0.6) is 0 Å². The maximum absolute atomic E-state index is 14.1. The predicted molar refractivity (Wildman–Crippen MR) is 123 cm³/mol. The third-order valence-corrected chi connectivity index (χ3v) is 6.49. The molecule has 5 nitrogen and oxygen atoms in total. The van der Waals surface area contributed by atoms with Gasteiger partial charge in [-0.2, -0.15) is 0 Å². The van der Waals surface area contributed by atoms with E-state index in [4.69, 9.17) is 4.42 Å². The van der Waals surface area contributed by atoms with Crippen molar-refractivity contribution in [1.82, 2.24) is 20.5 Å². The summed E-state index contributed by atoms with van der Waals surface area (Å²) in [7, 11) is 0. The Balaban J connectivity index is 1.42. The molecule has 0 amide bonds. The zero-order chi connectivity index (χ0) is 22.5. The molecule has 0 aliphatic heterocycles. The highest BCUT2D eigenvalue weighted by molar-refractivity contribution is 5.53. The summed E-state index contributed by atoms with van der Waals surface area (Å²) in [5.74, 6) is 2.42. The van der Waals surface area contributed by atoms with Crippen molar-refractivity contribution in [1.29, 1.82) is 0 Å². The highest BCUT2D eigenvalue weighted by atomic mass is 19.1. The molecule has 0 spiro atoms. The van der Waals surface area contributed by atoms with Gasteiger partial charge in [0, 0.05) is 25.7 Å². The normalized spacial score (nSPS) is 21.0. The van der Waals surface area contributed by atoms with Gasteiger partial charge in [0.2, 0.25) is 5.89 Å². The summed E-state index contributed by atoms with van der Waals surface area (Å²) >= 11 is 0. The Labute approximate surface area is 189 Å². The molecule has 1 aliphatic carbocycles. The minimum Gasteiger partial charge on any atom is -0.421 e. The first-order valence-corrected chi connectivity index (χ1v) is 11.4. The Kier molecular flexibility index (Phi) is 7.10. The maximum atomic E-state index is 14.1. The Morgan fingerprint density at radius 1 is 1.12 bits per heavy atom. The number of pyridine rings is 1. The average Bonchev–Trinajstić information content (AvgIpc) is 3.24. The van der Waals surface area contributed by atoms with Crippen LogP contribution < -0.4 is 5.32 Å². The van der Waals surface area contributed by atoms with Crippen molar-refractivity contribution in [2.24, 2.45) is 23.7 Å². The van der Waals surface area contributed by atoms with Gasteiger partial charge < -0.3 is 9.73 Å². The van der Waals surface area contributed by atoms with Gasteiger partial charge >= 0.3 is 0 Å². The predicted octanol–water partition coefficient (Wildman–Crippen LogP) is 5.46. The average molecular weight is 435 g/mol. The van der Waals surface area contributed by atoms with Gasteiger partial charge in [-0.25, -0.2) is 4.39 Å². The summed E-state index contributed by atoms with van der Waals surface area (Å²) in [6, 6.07) is 12.5. The van der Waals surface area contributed by atoms with Gasteiger partial charge in [-0.3, -0.25) is 4.98 Å². The Morgan fingerprint density at radius 2 is 1.94 bits per heavy atom. The third kappa shape index (κ3) is 5.30. The van der Waals surface area contributed by atoms with Crippen molar-refractivity contribution in [2.45, 2.75) is 40.2 Å². The molecule has 3 atom stereocenters. The first-order chi connectivity index (χ1) is 15.5. The van der Waals surface area contributed by atoms with Crippen molar-refractivity contribution >= 4 is 0 Å². The molecule has 1 aliphatic rings. The topological polar surface area (TPSA) is 63.8 Å². The van der Waals surface area contributed by atoms with Gasteiger partial charge in [-0.15, -0.1) is 10.2 Å². The van der Waals surface area contributed by atoms with Crippen LogP contribution in [0.1, 0.15) is 38.8 Å². The molecule has 2 aromatic heterocycles. The molecule has 1 N–H and O–H groups in total. The van der Waals surface area contributed by atoms with Crippen LogP contribution in [0.25, 0.3) is 11.5 Å². The Hall–Kier alpha value is -2.86. The summed E-state index contributed by atoms with van der Waals surface area (Å²) in [5.41, 5.74) is 2.77. The number of nitrogens with zero attached hydrogens (tertiary/aromatic N) is 3. The molecule has 2 heterocycles. The molecule has 0 radical (unpaired) electrons. The molecule has 0 fully saturated rings. The second-order valence-corrected chi connectivity index (χ2v) is 9.05. The van der Waals surface area contributed by atoms with Crippen LogP contribution in [0.2, 0.25) is 0 Å². The molecular weight excluding hydrogens is 403 g/mol. The molecular formula is C26H31FN4O. The van der Waals surface area contributed by atoms with Crippen LogP contribution in [0.3, 0.4) is 0 Å². The van der Waals surface area contributed by atoms with E-state index in [0.29, 0.717) is 41.5 Å². The number of aromatic nitrogens is 3. The van der Waals surface area contributed by atoms with Crippen molar-refractivity contribution in [2.75, 3.05) is 6.54 Å². The lowest BCUT2D eigenvalue weighted by atomic mass is 9.70. The van der Waals surface area contributed by atoms with Gasteiger partial charge in [-0.05, 0) is 61.3 Å². The highest BCUT2D eigenvalue weighted by Gasteiger charge is 2.32. The van der Waals surface area contributed by atoms with Crippen LogP contribution in [0.4, 0.5) is 4.39 Å². The first kappa shape index (κ1) is 22.3. The van der Waals surface area contributed by atoms with Crippen LogP contribution in [0.15, 0.2) is 64.7 Å². The Bertz CT molecular complexity index is 1050. The molecule has 4 rings (SSSR count). The van der Waals surface area contributed by atoms with Crippen molar-refractivity contribution in [3.8, 4) is 11.5 Å². The van der Waals surface area contributed by atoms with Crippen LogP contribution in [-0.4, -0.2) is 21.7 Å². The Morgan fingerprint density at radius 3 is 2.69 bits per heavy atom. The minimum absolute atomic E-state index is 0.243. The summed E-state index contributed by atoms with van der Waals surface area (Å²) in [6.07, 6.45) is 6.01. The van der Waals surface area contributed by atoms with Gasteiger partial charge in [0.1, 0.15) is 5.82 Å². The fraction of sp³-hybridized carbons (Fsp3) is 0.423. The minimum atomic E-state index is -0.350.